The number of amides is 1. The van der Waals surface area contributed by atoms with E-state index in [1.54, 1.807) is 12.1 Å². The van der Waals surface area contributed by atoms with E-state index in [-0.39, 0.29) is 16.2 Å². The molecule has 2 heterocycles. The molecule has 1 amide bonds. The van der Waals surface area contributed by atoms with E-state index < -0.39 is 0 Å². The summed E-state index contributed by atoms with van der Waals surface area (Å²) in [5.74, 6) is -0.457. The van der Waals surface area contributed by atoms with Crippen molar-refractivity contribution in [3.63, 3.8) is 0 Å². The number of nitrogens with zero attached hydrogens (tertiary/aromatic N) is 2. The van der Waals surface area contributed by atoms with Crippen LogP contribution in [-0.4, -0.2) is 47.9 Å². The van der Waals surface area contributed by atoms with Crippen LogP contribution in [0, 0.1) is 5.82 Å². The number of hydrogen-bond acceptors (Lipinski definition) is 2. The monoisotopic (exact) mass is 340 g/mol. The fourth-order valence-electron chi connectivity index (χ4n) is 3.33. The van der Waals surface area contributed by atoms with E-state index in [1.165, 1.54) is 12.5 Å². The smallest absolute Gasteiger partial charge is 0.255 e. The van der Waals surface area contributed by atoms with Crippen molar-refractivity contribution in [2.45, 2.75) is 31.3 Å². The van der Waals surface area contributed by atoms with Gasteiger partial charge in [0, 0.05) is 25.2 Å². The van der Waals surface area contributed by atoms with Gasteiger partial charge in [0.25, 0.3) is 5.91 Å². The highest BCUT2D eigenvalue weighted by atomic mass is 79.9. The predicted molar refractivity (Wildman–Crippen MR) is 79.2 cm³/mol. The van der Waals surface area contributed by atoms with E-state index in [0.717, 1.165) is 25.9 Å². The molecule has 1 aromatic rings. The predicted octanol–water partition coefficient (Wildman–Crippen LogP) is 2.90. The molecule has 2 saturated heterocycles. The van der Waals surface area contributed by atoms with Crippen LogP contribution in [-0.2, 0) is 0 Å². The maximum absolute atomic E-state index is 13.6. The third kappa shape index (κ3) is 2.37. The number of likely N-dealkylation sites (tertiary alicyclic amines) is 1. The van der Waals surface area contributed by atoms with Gasteiger partial charge in [-0.2, -0.15) is 0 Å². The SMILES string of the molecule is CN1C2CCC1CN(C(=O)c1cccc(F)c1Br)CC2. The van der Waals surface area contributed by atoms with Crippen LogP contribution in [0.5, 0.6) is 0 Å². The fourth-order valence-corrected chi connectivity index (χ4v) is 3.77. The molecular formula is C15H18BrFN2O. The third-order valence-electron chi connectivity index (χ3n) is 4.62. The lowest BCUT2D eigenvalue weighted by molar-refractivity contribution is 0.0738. The van der Waals surface area contributed by atoms with Crippen molar-refractivity contribution in [3.8, 4) is 0 Å². The Bertz CT molecular complexity index is 537. The molecule has 2 unspecified atom stereocenters. The summed E-state index contributed by atoms with van der Waals surface area (Å²) in [5.41, 5.74) is 0.422. The molecule has 1 aromatic carbocycles. The Labute approximate surface area is 126 Å². The van der Waals surface area contributed by atoms with Crippen LogP contribution in [0.15, 0.2) is 22.7 Å². The zero-order valence-corrected chi connectivity index (χ0v) is 13.1. The fraction of sp³-hybridized carbons (Fsp3) is 0.533. The van der Waals surface area contributed by atoms with Crippen molar-refractivity contribution in [2.75, 3.05) is 20.1 Å². The molecule has 108 valence electrons. The highest BCUT2D eigenvalue weighted by molar-refractivity contribution is 9.10. The molecule has 2 bridgehead atoms. The molecule has 2 atom stereocenters. The Balaban J connectivity index is 1.82. The zero-order chi connectivity index (χ0) is 14.3. The molecule has 5 heteroatoms. The van der Waals surface area contributed by atoms with Crippen molar-refractivity contribution < 1.29 is 9.18 Å². The van der Waals surface area contributed by atoms with Gasteiger partial charge < -0.3 is 4.90 Å². The highest BCUT2D eigenvalue weighted by Crippen LogP contribution is 2.30. The zero-order valence-electron chi connectivity index (χ0n) is 11.5. The van der Waals surface area contributed by atoms with E-state index in [0.29, 0.717) is 17.6 Å². The Kier molecular flexibility index (Phi) is 3.82. The second-order valence-electron chi connectivity index (χ2n) is 5.69. The minimum Gasteiger partial charge on any atom is -0.337 e. The molecule has 0 spiro atoms. The van der Waals surface area contributed by atoms with Gasteiger partial charge in [0.05, 0.1) is 10.0 Å². The Morgan fingerprint density at radius 2 is 2.05 bits per heavy atom. The minimum absolute atomic E-state index is 0.0719. The summed E-state index contributed by atoms with van der Waals surface area (Å²) in [7, 11) is 2.15. The average molecular weight is 341 g/mol. The summed E-state index contributed by atoms with van der Waals surface area (Å²) < 4.78 is 13.8. The number of likely N-dealkylation sites (N-methyl/N-ethyl adjacent to an activating group) is 1. The molecule has 3 rings (SSSR count). The lowest BCUT2D eigenvalue weighted by atomic mass is 10.1. The molecule has 3 nitrogen and oxygen atoms in total. The molecule has 0 radical (unpaired) electrons. The lowest BCUT2D eigenvalue weighted by Gasteiger charge is -2.26. The molecular weight excluding hydrogens is 323 g/mol. The van der Waals surface area contributed by atoms with Crippen LogP contribution >= 0.6 is 15.9 Å². The maximum atomic E-state index is 13.6. The van der Waals surface area contributed by atoms with E-state index in [1.807, 2.05) is 4.90 Å². The number of carbonyl (C=O) groups is 1. The first kappa shape index (κ1) is 14.0. The summed E-state index contributed by atoms with van der Waals surface area (Å²) >= 11 is 3.19. The first-order chi connectivity index (χ1) is 9.58. The van der Waals surface area contributed by atoms with E-state index >= 15 is 0 Å². The van der Waals surface area contributed by atoms with E-state index in [2.05, 4.69) is 27.9 Å². The van der Waals surface area contributed by atoms with Crippen molar-refractivity contribution in [1.29, 1.82) is 0 Å². The van der Waals surface area contributed by atoms with Crippen LogP contribution < -0.4 is 0 Å². The van der Waals surface area contributed by atoms with Gasteiger partial charge in [-0.3, -0.25) is 9.69 Å². The second kappa shape index (κ2) is 5.45. The molecule has 0 saturated carbocycles. The van der Waals surface area contributed by atoms with Gasteiger partial charge in [-0.25, -0.2) is 4.39 Å². The minimum atomic E-state index is -0.385. The van der Waals surface area contributed by atoms with Crippen molar-refractivity contribution in [1.82, 2.24) is 9.80 Å². The van der Waals surface area contributed by atoms with Crippen molar-refractivity contribution >= 4 is 21.8 Å². The molecule has 2 fully saturated rings. The van der Waals surface area contributed by atoms with Crippen molar-refractivity contribution in [2.24, 2.45) is 0 Å². The number of fused-ring (bicyclic) bond motifs is 2. The summed E-state index contributed by atoms with van der Waals surface area (Å²) in [6.45, 7) is 1.50. The summed E-state index contributed by atoms with van der Waals surface area (Å²) in [6.07, 6.45) is 3.38. The first-order valence-corrected chi connectivity index (χ1v) is 7.82. The first-order valence-electron chi connectivity index (χ1n) is 7.03. The highest BCUT2D eigenvalue weighted by Gasteiger charge is 2.36. The third-order valence-corrected chi connectivity index (χ3v) is 5.42. The second-order valence-corrected chi connectivity index (χ2v) is 6.48. The molecule has 20 heavy (non-hydrogen) atoms. The number of hydrogen-bond donors (Lipinski definition) is 0. The molecule has 0 aliphatic carbocycles. The Hall–Kier alpha value is -0.940. The summed E-state index contributed by atoms with van der Waals surface area (Å²) in [4.78, 5) is 16.9. The molecule has 0 N–H and O–H groups in total. The van der Waals surface area contributed by atoms with Crippen LogP contribution in [0.4, 0.5) is 4.39 Å². The van der Waals surface area contributed by atoms with E-state index in [4.69, 9.17) is 0 Å². The number of benzene rings is 1. The van der Waals surface area contributed by atoms with E-state index in [9.17, 15) is 9.18 Å². The standard InChI is InChI=1S/C15H18BrFN2O/c1-18-10-5-6-11(18)9-19(8-7-10)15(20)12-3-2-4-13(17)14(12)16/h2-4,10-11H,5-9H2,1H3. The lowest BCUT2D eigenvalue weighted by Crippen LogP contribution is -2.39. The van der Waals surface area contributed by atoms with Gasteiger partial charge in [-0.15, -0.1) is 0 Å². The summed E-state index contributed by atoms with van der Waals surface area (Å²) in [6, 6.07) is 5.66. The molecule has 0 aromatic heterocycles. The maximum Gasteiger partial charge on any atom is 0.255 e. The van der Waals surface area contributed by atoms with Gasteiger partial charge >= 0.3 is 0 Å². The molecule has 2 aliphatic heterocycles. The topological polar surface area (TPSA) is 23.6 Å². The normalized spacial score (nSPS) is 26.6. The van der Waals surface area contributed by atoms with Gasteiger partial charge in [0.2, 0.25) is 0 Å². The Morgan fingerprint density at radius 3 is 2.85 bits per heavy atom. The van der Waals surface area contributed by atoms with Gasteiger partial charge in [0.1, 0.15) is 5.82 Å². The number of halogens is 2. The van der Waals surface area contributed by atoms with Gasteiger partial charge in [-0.05, 0) is 54.4 Å². The number of rotatable bonds is 1. The largest absolute Gasteiger partial charge is 0.337 e. The van der Waals surface area contributed by atoms with Crippen LogP contribution in [0.1, 0.15) is 29.6 Å². The van der Waals surface area contributed by atoms with Crippen LogP contribution in [0.2, 0.25) is 0 Å². The summed E-state index contributed by atoms with van der Waals surface area (Å²) in [5, 5.41) is 0. The quantitative estimate of drug-likeness (QED) is 0.784. The average Bonchev–Trinajstić information content (AvgIpc) is 2.66. The van der Waals surface area contributed by atoms with Crippen molar-refractivity contribution in [3.05, 3.63) is 34.1 Å². The van der Waals surface area contributed by atoms with Gasteiger partial charge in [-0.1, -0.05) is 6.07 Å². The Morgan fingerprint density at radius 1 is 1.30 bits per heavy atom. The van der Waals surface area contributed by atoms with Gasteiger partial charge in [0.15, 0.2) is 0 Å². The molecule has 2 aliphatic rings. The van der Waals surface area contributed by atoms with Crippen LogP contribution in [0.25, 0.3) is 0 Å². The van der Waals surface area contributed by atoms with Crippen LogP contribution in [0.3, 0.4) is 0 Å². The number of carbonyl (C=O) groups excluding carboxylic acids is 1.